The van der Waals surface area contributed by atoms with Gasteiger partial charge in [-0.1, -0.05) is 5.16 Å². The van der Waals surface area contributed by atoms with Crippen molar-refractivity contribution in [3.63, 3.8) is 0 Å². The normalized spacial score (nSPS) is 16.0. The Labute approximate surface area is 188 Å². The van der Waals surface area contributed by atoms with Crippen LogP contribution in [0.25, 0.3) is 10.2 Å². The average Bonchev–Trinajstić information content (AvgIpc) is 3.27. The minimum Gasteiger partial charge on any atom is -0.465 e. The van der Waals surface area contributed by atoms with Crippen molar-refractivity contribution in [2.45, 2.75) is 32.2 Å². The summed E-state index contributed by atoms with van der Waals surface area (Å²) in [5.74, 6) is 0.238. The van der Waals surface area contributed by atoms with E-state index in [1.54, 1.807) is 20.8 Å². The molecular formula is C19H23N5O6S2. The predicted octanol–water partition coefficient (Wildman–Crippen LogP) is 1.19. The molecule has 0 atom stereocenters. The molecule has 4 rings (SSSR count). The number of carbonyl (C=O) groups excluding carboxylic acids is 1. The number of sulfonamides is 1. The fraction of sp³-hybridized carbons (Fsp3) is 0.474. The topological polar surface area (TPSA) is 139 Å². The number of thiophene rings is 1. The maximum atomic E-state index is 13.0. The SMILES string of the molecule is COC(=O)c1sc2nc(CN3CCN(S(=O)(=O)c4c(C)noc4C)CC3)[nH]c(=O)c2c1C. The van der Waals surface area contributed by atoms with E-state index in [4.69, 9.17) is 9.26 Å². The molecule has 0 bridgehead atoms. The number of methoxy groups -OCH3 is 1. The summed E-state index contributed by atoms with van der Waals surface area (Å²) in [4.78, 5) is 34.8. The van der Waals surface area contributed by atoms with Gasteiger partial charge in [0.1, 0.15) is 26.1 Å². The number of fused-ring (bicyclic) bond motifs is 1. The summed E-state index contributed by atoms with van der Waals surface area (Å²) in [6, 6.07) is 0. The number of nitrogens with zero attached hydrogens (tertiary/aromatic N) is 4. The lowest BCUT2D eigenvalue weighted by Gasteiger charge is -2.33. The molecule has 0 amide bonds. The Morgan fingerprint density at radius 1 is 1.22 bits per heavy atom. The van der Waals surface area contributed by atoms with E-state index in [0.29, 0.717) is 64.9 Å². The molecular weight excluding hydrogens is 458 g/mol. The van der Waals surface area contributed by atoms with Crippen molar-refractivity contribution < 1.29 is 22.5 Å². The number of piperazine rings is 1. The van der Waals surface area contributed by atoms with E-state index in [2.05, 4.69) is 15.1 Å². The highest BCUT2D eigenvalue weighted by atomic mass is 32.2. The third-order valence-electron chi connectivity index (χ3n) is 5.49. The Hall–Kier alpha value is -2.61. The molecule has 1 aliphatic heterocycles. The van der Waals surface area contributed by atoms with Crippen molar-refractivity contribution in [2.75, 3.05) is 33.3 Å². The van der Waals surface area contributed by atoms with Crippen LogP contribution in [0.2, 0.25) is 0 Å². The molecule has 3 aromatic heterocycles. The summed E-state index contributed by atoms with van der Waals surface area (Å²) < 4.78 is 37.2. The van der Waals surface area contributed by atoms with Crippen LogP contribution < -0.4 is 5.56 Å². The first kappa shape index (κ1) is 22.6. The second-order valence-electron chi connectivity index (χ2n) is 7.57. The highest BCUT2D eigenvalue weighted by Crippen LogP contribution is 2.28. The lowest BCUT2D eigenvalue weighted by atomic mass is 10.2. The van der Waals surface area contributed by atoms with Gasteiger partial charge in [0.15, 0.2) is 5.76 Å². The van der Waals surface area contributed by atoms with Gasteiger partial charge in [0.05, 0.1) is 19.0 Å². The first-order valence-corrected chi connectivity index (χ1v) is 12.1. The molecule has 0 aromatic carbocycles. The maximum Gasteiger partial charge on any atom is 0.348 e. The molecule has 32 heavy (non-hydrogen) atoms. The predicted molar refractivity (Wildman–Crippen MR) is 116 cm³/mol. The van der Waals surface area contributed by atoms with Gasteiger partial charge in [-0.2, -0.15) is 4.31 Å². The number of hydrogen-bond acceptors (Lipinski definition) is 10. The van der Waals surface area contributed by atoms with Gasteiger partial charge in [-0.25, -0.2) is 18.2 Å². The van der Waals surface area contributed by atoms with Crippen molar-refractivity contribution in [1.82, 2.24) is 24.3 Å². The van der Waals surface area contributed by atoms with Gasteiger partial charge in [-0.3, -0.25) is 9.69 Å². The molecule has 0 saturated carbocycles. The minimum absolute atomic E-state index is 0.122. The third kappa shape index (κ3) is 3.85. The number of aromatic amines is 1. The van der Waals surface area contributed by atoms with Crippen molar-refractivity contribution in [3.05, 3.63) is 38.1 Å². The fourth-order valence-electron chi connectivity index (χ4n) is 3.86. The lowest BCUT2D eigenvalue weighted by Crippen LogP contribution is -2.48. The number of ether oxygens (including phenoxy) is 1. The summed E-state index contributed by atoms with van der Waals surface area (Å²) in [7, 11) is -2.40. The van der Waals surface area contributed by atoms with E-state index in [0.717, 1.165) is 11.3 Å². The molecule has 3 aromatic rings. The number of H-pyrrole nitrogens is 1. The van der Waals surface area contributed by atoms with Crippen LogP contribution in [0, 0.1) is 20.8 Å². The first-order chi connectivity index (χ1) is 15.1. The Morgan fingerprint density at radius 2 is 1.91 bits per heavy atom. The zero-order chi connectivity index (χ0) is 23.2. The first-order valence-electron chi connectivity index (χ1n) is 9.89. The summed E-state index contributed by atoms with van der Waals surface area (Å²) in [5, 5.41) is 4.13. The maximum absolute atomic E-state index is 13.0. The van der Waals surface area contributed by atoms with Gasteiger partial charge in [0.25, 0.3) is 5.56 Å². The Bertz CT molecular complexity index is 1330. The number of aryl methyl sites for hydroxylation is 3. The minimum atomic E-state index is -3.69. The second kappa shape index (κ2) is 8.39. The second-order valence-corrected chi connectivity index (χ2v) is 10.4. The molecule has 172 valence electrons. The van der Waals surface area contributed by atoms with Gasteiger partial charge >= 0.3 is 5.97 Å². The number of aromatic nitrogens is 3. The zero-order valence-corrected chi connectivity index (χ0v) is 19.7. The van der Waals surface area contributed by atoms with Crippen LogP contribution in [-0.2, 0) is 21.3 Å². The molecule has 1 saturated heterocycles. The molecule has 1 aliphatic rings. The zero-order valence-electron chi connectivity index (χ0n) is 18.1. The van der Waals surface area contributed by atoms with Crippen LogP contribution in [0.4, 0.5) is 0 Å². The van der Waals surface area contributed by atoms with Crippen LogP contribution in [0.1, 0.15) is 32.5 Å². The number of nitrogens with one attached hydrogen (secondary N) is 1. The molecule has 0 unspecified atom stereocenters. The number of rotatable bonds is 5. The van der Waals surface area contributed by atoms with Gasteiger partial charge in [-0.15, -0.1) is 11.3 Å². The van der Waals surface area contributed by atoms with E-state index >= 15 is 0 Å². The molecule has 0 aliphatic carbocycles. The monoisotopic (exact) mass is 481 g/mol. The Morgan fingerprint density at radius 3 is 2.50 bits per heavy atom. The standard InChI is InChI=1S/C19H23N5O6S2/c1-10-14-17(25)20-13(21-18(14)31-15(10)19(26)29-4)9-23-5-7-24(8-6-23)32(27,28)16-11(2)22-30-12(16)3/h5-9H2,1-4H3,(H,20,21,25). The van der Waals surface area contributed by atoms with E-state index in [-0.39, 0.29) is 16.2 Å². The van der Waals surface area contributed by atoms with Gasteiger partial charge in [0.2, 0.25) is 10.0 Å². The van der Waals surface area contributed by atoms with Crippen molar-refractivity contribution in [2.24, 2.45) is 0 Å². The molecule has 0 spiro atoms. The number of carbonyl (C=O) groups is 1. The molecule has 4 heterocycles. The molecule has 1 N–H and O–H groups in total. The van der Waals surface area contributed by atoms with Crippen LogP contribution in [0.15, 0.2) is 14.2 Å². The highest BCUT2D eigenvalue weighted by molar-refractivity contribution is 7.89. The molecule has 13 heteroatoms. The molecule has 0 radical (unpaired) electrons. The molecule has 11 nitrogen and oxygen atoms in total. The Kier molecular flexibility index (Phi) is 5.92. The summed E-state index contributed by atoms with van der Waals surface area (Å²) >= 11 is 1.13. The average molecular weight is 482 g/mol. The van der Waals surface area contributed by atoms with Gasteiger partial charge < -0.3 is 14.2 Å². The van der Waals surface area contributed by atoms with Gasteiger partial charge in [-0.05, 0) is 26.3 Å². The van der Waals surface area contributed by atoms with E-state index in [1.807, 2.05) is 4.90 Å². The van der Waals surface area contributed by atoms with Gasteiger partial charge in [0, 0.05) is 26.2 Å². The number of esters is 1. The highest BCUT2D eigenvalue weighted by Gasteiger charge is 2.33. The van der Waals surface area contributed by atoms with Crippen LogP contribution in [0.3, 0.4) is 0 Å². The lowest BCUT2D eigenvalue weighted by molar-refractivity contribution is 0.0605. The summed E-state index contributed by atoms with van der Waals surface area (Å²) in [5.41, 5.74) is 0.585. The fourth-order valence-corrected chi connectivity index (χ4v) is 6.69. The van der Waals surface area contributed by atoms with Crippen molar-refractivity contribution in [1.29, 1.82) is 0 Å². The largest absolute Gasteiger partial charge is 0.465 e. The van der Waals surface area contributed by atoms with E-state index in [9.17, 15) is 18.0 Å². The quantitative estimate of drug-likeness (QED) is 0.532. The molecule has 1 fully saturated rings. The van der Waals surface area contributed by atoms with Crippen molar-refractivity contribution in [3.8, 4) is 0 Å². The van der Waals surface area contributed by atoms with Crippen molar-refractivity contribution >= 4 is 37.5 Å². The smallest absolute Gasteiger partial charge is 0.348 e. The van der Waals surface area contributed by atoms with Crippen LogP contribution in [0.5, 0.6) is 0 Å². The van der Waals surface area contributed by atoms with E-state index in [1.165, 1.54) is 11.4 Å². The Balaban J connectivity index is 1.50. The van der Waals surface area contributed by atoms with Crippen LogP contribution >= 0.6 is 11.3 Å². The van der Waals surface area contributed by atoms with E-state index < -0.39 is 16.0 Å². The summed E-state index contributed by atoms with van der Waals surface area (Å²) in [6.07, 6.45) is 0. The summed E-state index contributed by atoms with van der Waals surface area (Å²) in [6.45, 7) is 6.78. The number of hydrogen-bond donors (Lipinski definition) is 1. The third-order valence-corrected chi connectivity index (χ3v) is 8.80. The van der Waals surface area contributed by atoms with Crippen LogP contribution in [-0.4, -0.2) is 72.0 Å².